The maximum Gasteiger partial charge on any atom is 0.326 e. The van der Waals surface area contributed by atoms with Crippen LogP contribution >= 0.6 is 0 Å². The fourth-order valence-corrected chi connectivity index (χ4v) is 4.61. The number of nitrogens with zero attached hydrogens (tertiary/aromatic N) is 4. The van der Waals surface area contributed by atoms with Gasteiger partial charge in [0.25, 0.3) is 0 Å². The van der Waals surface area contributed by atoms with Gasteiger partial charge in [-0.2, -0.15) is 0 Å². The lowest BCUT2D eigenvalue weighted by molar-refractivity contribution is -0.149. The van der Waals surface area contributed by atoms with E-state index in [9.17, 15) is 14.7 Å². The highest BCUT2D eigenvalue weighted by Crippen LogP contribution is 2.40. The topological polar surface area (TPSA) is 88.3 Å². The number of fused-ring (bicyclic) bond motifs is 1. The summed E-state index contributed by atoms with van der Waals surface area (Å²) in [5.74, 6) is -0.743. The van der Waals surface area contributed by atoms with E-state index in [1.54, 1.807) is 9.58 Å². The molecule has 2 heterocycles. The van der Waals surface area contributed by atoms with E-state index in [1.165, 1.54) is 0 Å². The molecule has 142 valence electrons. The first kappa shape index (κ1) is 17.7. The van der Waals surface area contributed by atoms with E-state index < -0.39 is 12.0 Å². The first-order chi connectivity index (χ1) is 13.1. The molecule has 2 aromatic rings. The summed E-state index contributed by atoms with van der Waals surface area (Å²) in [6, 6.07) is 8.98. The SMILES string of the molecule is Cc1c(CC(=O)N2[C@H](C(=O)O)C[C@@H]3CCCC[C@@H]32)nnn1-c1ccccc1. The van der Waals surface area contributed by atoms with Crippen LogP contribution in [0.3, 0.4) is 0 Å². The maximum atomic E-state index is 13.1. The minimum absolute atomic E-state index is 0.0526. The number of para-hydroxylation sites is 1. The van der Waals surface area contributed by atoms with Gasteiger partial charge in [0.15, 0.2) is 0 Å². The predicted octanol–water partition coefficient (Wildman–Crippen LogP) is 2.36. The largest absolute Gasteiger partial charge is 0.480 e. The summed E-state index contributed by atoms with van der Waals surface area (Å²) in [5, 5.41) is 18.0. The van der Waals surface area contributed by atoms with E-state index >= 15 is 0 Å². The van der Waals surface area contributed by atoms with Crippen molar-refractivity contribution >= 4 is 11.9 Å². The van der Waals surface area contributed by atoms with Crippen LogP contribution in [-0.4, -0.2) is 49.0 Å². The van der Waals surface area contributed by atoms with Crippen molar-refractivity contribution in [2.45, 2.75) is 57.5 Å². The predicted molar refractivity (Wildman–Crippen MR) is 98.4 cm³/mol. The van der Waals surface area contributed by atoms with Crippen LogP contribution in [0.2, 0.25) is 0 Å². The van der Waals surface area contributed by atoms with Crippen molar-refractivity contribution in [1.82, 2.24) is 19.9 Å². The fraction of sp³-hybridized carbons (Fsp3) is 0.500. The first-order valence-electron chi connectivity index (χ1n) is 9.57. The van der Waals surface area contributed by atoms with Gasteiger partial charge in [0.05, 0.1) is 23.5 Å². The molecule has 1 N–H and O–H groups in total. The van der Waals surface area contributed by atoms with Crippen LogP contribution in [0, 0.1) is 12.8 Å². The summed E-state index contributed by atoms with van der Waals surface area (Å²) in [7, 11) is 0. The molecule has 1 aromatic heterocycles. The summed E-state index contributed by atoms with van der Waals surface area (Å²) in [6.45, 7) is 1.89. The van der Waals surface area contributed by atoms with Gasteiger partial charge in [-0.15, -0.1) is 5.10 Å². The summed E-state index contributed by atoms with van der Waals surface area (Å²) >= 11 is 0. The minimum Gasteiger partial charge on any atom is -0.480 e. The maximum absolute atomic E-state index is 13.1. The zero-order valence-corrected chi connectivity index (χ0v) is 15.4. The molecule has 1 saturated heterocycles. The number of carbonyl (C=O) groups excluding carboxylic acids is 1. The van der Waals surface area contributed by atoms with Crippen molar-refractivity contribution < 1.29 is 14.7 Å². The molecule has 27 heavy (non-hydrogen) atoms. The molecule has 2 fully saturated rings. The van der Waals surface area contributed by atoms with Gasteiger partial charge in [-0.3, -0.25) is 4.79 Å². The molecule has 2 aliphatic rings. The Morgan fingerprint density at radius 3 is 2.67 bits per heavy atom. The van der Waals surface area contributed by atoms with Crippen LogP contribution in [0.15, 0.2) is 30.3 Å². The van der Waals surface area contributed by atoms with Crippen LogP contribution < -0.4 is 0 Å². The van der Waals surface area contributed by atoms with Crippen LogP contribution in [0.4, 0.5) is 0 Å². The van der Waals surface area contributed by atoms with Crippen LogP contribution in [-0.2, 0) is 16.0 Å². The molecule has 3 atom stereocenters. The normalized spacial score (nSPS) is 24.6. The number of carboxylic acids is 1. The standard InChI is InChI=1S/C20H24N4O3/c1-13-16(21-22-24(13)15-8-3-2-4-9-15)12-19(25)23-17-10-6-5-7-14(17)11-18(23)20(26)27/h2-4,8-9,14,17-18H,5-7,10-12H2,1H3,(H,26,27)/t14-,17-,18-/m0/s1. The van der Waals surface area contributed by atoms with Crippen LogP contribution in [0.1, 0.15) is 43.5 Å². The molecular weight excluding hydrogens is 344 g/mol. The molecule has 7 heteroatoms. The smallest absolute Gasteiger partial charge is 0.326 e. The second-order valence-electron chi connectivity index (χ2n) is 7.55. The number of carboxylic acid groups (broad SMARTS) is 1. The molecule has 0 bridgehead atoms. The lowest BCUT2D eigenvalue weighted by Crippen LogP contribution is -2.47. The molecule has 1 aliphatic carbocycles. The number of aromatic nitrogens is 3. The quantitative estimate of drug-likeness (QED) is 0.895. The highest BCUT2D eigenvalue weighted by molar-refractivity contribution is 5.86. The Balaban J connectivity index is 1.56. The minimum atomic E-state index is -0.901. The van der Waals surface area contributed by atoms with Crippen LogP contribution in [0.5, 0.6) is 0 Å². The van der Waals surface area contributed by atoms with Crippen molar-refractivity contribution in [3.8, 4) is 5.69 Å². The highest BCUT2D eigenvalue weighted by atomic mass is 16.4. The molecule has 0 radical (unpaired) electrons. The average Bonchev–Trinajstić information content (AvgIpc) is 3.24. The molecule has 7 nitrogen and oxygen atoms in total. The molecule has 0 spiro atoms. The third-order valence-corrected chi connectivity index (χ3v) is 5.97. The second kappa shape index (κ2) is 7.13. The third kappa shape index (κ3) is 3.22. The summed E-state index contributed by atoms with van der Waals surface area (Å²) in [5.41, 5.74) is 2.30. The average molecular weight is 368 g/mol. The molecule has 0 unspecified atom stereocenters. The molecule has 1 aliphatic heterocycles. The van der Waals surface area contributed by atoms with Crippen molar-refractivity contribution in [2.24, 2.45) is 5.92 Å². The number of likely N-dealkylation sites (tertiary alicyclic amines) is 1. The highest BCUT2D eigenvalue weighted by Gasteiger charge is 2.47. The Labute approximate surface area is 158 Å². The van der Waals surface area contributed by atoms with Crippen molar-refractivity contribution in [3.63, 3.8) is 0 Å². The number of hydrogen-bond donors (Lipinski definition) is 1. The van der Waals surface area contributed by atoms with Crippen molar-refractivity contribution in [3.05, 3.63) is 41.7 Å². The Bertz CT molecular complexity index is 848. The zero-order valence-electron chi connectivity index (χ0n) is 15.4. The van der Waals surface area contributed by atoms with E-state index in [-0.39, 0.29) is 18.4 Å². The van der Waals surface area contributed by atoms with Gasteiger partial charge in [0.1, 0.15) is 6.04 Å². The lowest BCUT2D eigenvalue weighted by atomic mass is 9.84. The molecule has 1 amide bonds. The third-order valence-electron chi connectivity index (χ3n) is 5.97. The number of amides is 1. The van der Waals surface area contributed by atoms with Gasteiger partial charge in [0, 0.05) is 6.04 Å². The molecular formula is C20H24N4O3. The van der Waals surface area contributed by atoms with Gasteiger partial charge >= 0.3 is 5.97 Å². The van der Waals surface area contributed by atoms with Gasteiger partial charge in [-0.25, -0.2) is 9.48 Å². The fourth-order valence-electron chi connectivity index (χ4n) is 4.61. The summed E-state index contributed by atoms with van der Waals surface area (Å²) in [4.78, 5) is 26.4. The van der Waals surface area contributed by atoms with Gasteiger partial charge in [0.2, 0.25) is 5.91 Å². The van der Waals surface area contributed by atoms with E-state index in [4.69, 9.17) is 0 Å². The Morgan fingerprint density at radius 2 is 1.93 bits per heavy atom. The Hall–Kier alpha value is -2.70. The zero-order chi connectivity index (χ0) is 19.0. The van der Waals surface area contributed by atoms with E-state index in [2.05, 4.69) is 10.3 Å². The number of carbonyl (C=O) groups is 2. The van der Waals surface area contributed by atoms with E-state index in [1.807, 2.05) is 37.3 Å². The van der Waals surface area contributed by atoms with Crippen molar-refractivity contribution in [1.29, 1.82) is 0 Å². The lowest BCUT2D eigenvalue weighted by Gasteiger charge is -2.33. The Morgan fingerprint density at radius 1 is 1.19 bits per heavy atom. The van der Waals surface area contributed by atoms with Gasteiger partial charge < -0.3 is 10.0 Å². The second-order valence-corrected chi connectivity index (χ2v) is 7.55. The molecule has 1 saturated carbocycles. The van der Waals surface area contributed by atoms with E-state index in [0.717, 1.165) is 37.1 Å². The summed E-state index contributed by atoms with van der Waals surface area (Å²) in [6.07, 6.45) is 4.75. The van der Waals surface area contributed by atoms with E-state index in [0.29, 0.717) is 18.0 Å². The first-order valence-corrected chi connectivity index (χ1v) is 9.57. The number of benzene rings is 1. The Kier molecular flexibility index (Phi) is 4.68. The number of hydrogen-bond acceptors (Lipinski definition) is 4. The molecule has 1 aromatic carbocycles. The number of aliphatic carboxylic acids is 1. The van der Waals surface area contributed by atoms with Gasteiger partial charge in [-0.1, -0.05) is 36.3 Å². The van der Waals surface area contributed by atoms with Crippen LogP contribution in [0.25, 0.3) is 5.69 Å². The summed E-state index contributed by atoms with van der Waals surface area (Å²) < 4.78 is 1.71. The number of rotatable bonds is 4. The molecule has 4 rings (SSSR count). The monoisotopic (exact) mass is 368 g/mol. The van der Waals surface area contributed by atoms with Crippen molar-refractivity contribution in [2.75, 3.05) is 0 Å². The van der Waals surface area contributed by atoms with Gasteiger partial charge in [-0.05, 0) is 44.2 Å².